The SMILES string of the molecule is Cc1ccc(NC(=O)COc2ccc([C@@H]3SCC(=O)N3c3ccc(Cl)cc3)cc2Cl)cc1Cl. The van der Waals surface area contributed by atoms with Crippen LogP contribution in [0.2, 0.25) is 15.1 Å². The van der Waals surface area contributed by atoms with Crippen molar-refractivity contribution >= 4 is 69.8 Å². The van der Waals surface area contributed by atoms with Crippen LogP contribution >= 0.6 is 46.6 Å². The Bertz CT molecular complexity index is 1200. The van der Waals surface area contributed by atoms with Crippen LogP contribution in [-0.2, 0) is 9.59 Å². The molecular formula is C24H19Cl3N2O3S. The van der Waals surface area contributed by atoms with Crippen LogP contribution in [0.1, 0.15) is 16.5 Å². The number of anilines is 2. The van der Waals surface area contributed by atoms with E-state index in [1.54, 1.807) is 41.3 Å². The van der Waals surface area contributed by atoms with Crippen molar-refractivity contribution in [2.24, 2.45) is 0 Å². The van der Waals surface area contributed by atoms with E-state index in [-0.39, 0.29) is 23.8 Å². The number of amides is 2. The minimum absolute atomic E-state index is 0.0108. The summed E-state index contributed by atoms with van der Waals surface area (Å²) in [5.41, 5.74) is 3.14. The number of rotatable bonds is 6. The summed E-state index contributed by atoms with van der Waals surface area (Å²) in [5.74, 6) is 0.425. The van der Waals surface area contributed by atoms with E-state index < -0.39 is 0 Å². The fraction of sp³-hybridized carbons (Fsp3) is 0.167. The van der Waals surface area contributed by atoms with Gasteiger partial charge in [-0.2, -0.15) is 0 Å². The number of ether oxygens (including phenoxy) is 1. The van der Waals surface area contributed by atoms with Gasteiger partial charge in [0.15, 0.2) is 6.61 Å². The molecule has 1 fully saturated rings. The van der Waals surface area contributed by atoms with Gasteiger partial charge in [-0.1, -0.05) is 46.9 Å². The Morgan fingerprint density at radius 3 is 2.52 bits per heavy atom. The van der Waals surface area contributed by atoms with Crippen LogP contribution in [0.15, 0.2) is 60.7 Å². The van der Waals surface area contributed by atoms with Crippen LogP contribution in [0.5, 0.6) is 5.75 Å². The molecule has 1 aliphatic rings. The van der Waals surface area contributed by atoms with Gasteiger partial charge in [0.05, 0.1) is 10.8 Å². The molecule has 3 aromatic carbocycles. The summed E-state index contributed by atoms with van der Waals surface area (Å²) < 4.78 is 5.61. The molecule has 0 unspecified atom stereocenters. The number of aryl methyl sites for hydroxylation is 1. The molecule has 1 saturated heterocycles. The quantitative estimate of drug-likeness (QED) is 0.390. The van der Waals surface area contributed by atoms with Gasteiger partial charge in [0.2, 0.25) is 5.91 Å². The number of nitrogens with one attached hydrogen (secondary N) is 1. The van der Waals surface area contributed by atoms with Crippen LogP contribution in [0.3, 0.4) is 0 Å². The molecule has 2 amide bonds. The smallest absolute Gasteiger partial charge is 0.262 e. The van der Waals surface area contributed by atoms with E-state index in [1.807, 2.05) is 31.2 Å². The first-order valence-corrected chi connectivity index (χ1v) is 12.2. The van der Waals surface area contributed by atoms with Crippen molar-refractivity contribution in [2.75, 3.05) is 22.6 Å². The van der Waals surface area contributed by atoms with Gasteiger partial charge in [-0.05, 0) is 66.6 Å². The monoisotopic (exact) mass is 520 g/mol. The van der Waals surface area contributed by atoms with Gasteiger partial charge in [0.25, 0.3) is 5.91 Å². The summed E-state index contributed by atoms with van der Waals surface area (Å²) in [7, 11) is 0. The zero-order valence-electron chi connectivity index (χ0n) is 17.5. The number of carbonyl (C=O) groups excluding carboxylic acids is 2. The van der Waals surface area contributed by atoms with E-state index in [2.05, 4.69) is 5.32 Å². The maximum atomic E-state index is 12.5. The van der Waals surface area contributed by atoms with Crippen molar-refractivity contribution in [2.45, 2.75) is 12.3 Å². The van der Waals surface area contributed by atoms with E-state index in [0.717, 1.165) is 16.8 Å². The van der Waals surface area contributed by atoms with Crippen molar-refractivity contribution in [3.63, 3.8) is 0 Å². The third-order valence-electron chi connectivity index (χ3n) is 5.03. The minimum Gasteiger partial charge on any atom is -0.482 e. The molecular weight excluding hydrogens is 503 g/mol. The predicted molar refractivity (Wildman–Crippen MR) is 136 cm³/mol. The molecule has 3 aromatic rings. The number of hydrogen-bond donors (Lipinski definition) is 1. The number of carbonyl (C=O) groups is 2. The lowest BCUT2D eigenvalue weighted by Crippen LogP contribution is -2.27. The lowest BCUT2D eigenvalue weighted by Gasteiger charge is -2.25. The normalized spacial score (nSPS) is 15.6. The average Bonchev–Trinajstić information content (AvgIpc) is 3.17. The summed E-state index contributed by atoms with van der Waals surface area (Å²) in [6.45, 7) is 1.68. The first-order chi connectivity index (χ1) is 15.8. The van der Waals surface area contributed by atoms with Gasteiger partial charge in [-0.3, -0.25) is 14.5 Å². The first-order valence-electron chi connectivity index (χ1n) is 9.99. The second kappa shape index (κ2) is 10.3. The van der Waals surface area contributed by atoms with Crippen molar-refractivity contribution < 1.29 is 14.3 Å². The van der Waals surface area contributed by atoms with E-state index in [4.69, 9.17) is 39.5 Å². The first kappa shape index (κ1) is 23.8. The van der Waals surface area contributed by atoms with Crippen molar-refractivity contribution in [1.82, 2.24) is 0 Å². The Morgan fingerprint density at radius 2 is 1.82 bits per heavy atom. The van der Waals surface area contributed by atoms with Crippen LogP contribution in [0.4, 0.5) is 11.4 Å². The number of nitrogens with zero attached hydrogens (tertiary/aromatic N) is 1. The summed E-state index contributed by atoms with van der Waals surface area (Å²) in [6, 6.07) is 17.7. The van der Waals surface area contributed by atoms with Crippen molar-refractivity contribution in [3.05, 3.63) is 86.9 Å². The van der Waals surface area contributed by atoms with E-state index in [0.29, 0.717) is 32.3 Å². The lowest BCUT2D eigenvalue weighted by atomic mass is 10.1. The third kappa shape index (κ3) is 5.58. The second-order valence-corrected chi connectivity index (χ2v) is 9.71. The Hall–Kier alpha value is -2.38. The Morgan fingerprint density at radius 1 is 1.06 bits per heavy atom. The Kier molecular flexibility index (Phi) is 7.39. The van der Waals surface area contributed by atoms with Gasteiger partial charge in [-0.25, -0.2) is 0 Å². The zero-order chi connectivity index (χ0) is 23.5. The molecule has 33 heavy (non-hydrogen) atoms. The highest BCUT2D eigenvalue weighted by Gasteiger charge is 2.34. The maximum absolute atomic E-state index is 12.5. The fourth-order valence-corrected chi connectivity index (χ4v) is 5.07. The van der Waals surface area contributed by atoms with Gasteiger partial charge in [0.1, 0.15) is 11.1 Å². The van der Waals surface area contributed by atoms with Gasteiger partial charge < -0.3 is 10.1 Å². The molecule has 0 bridgehead atoms. The molecule has 0 aliphatic carbocycles. The molecule has 9 heteroatoms. The van der Waals surface area contributed by atoms with Gasteiger partial charge >= 0.3 is 0 Å². The molecule has 5 nitrogen and oxygen atoms in total. The van der Waals surface area contributed by atoms with E-state index >= 15 is 0 Å². The van der Waals surface area contributed by atoms with Crippen molar-refractivity contribution in [1.29, 1.82) is 0 Å². The van der Waals surface area contributed by atoms with E-state index in [9.17, 15) is 9.59 Å². The average molecular weight is 522 g/mol. The summed E-state index contributed by atoms with van der Waals surface area (Å²) in [6.07, 6.45) is 0. The molecule has 1 atom stereocenters. The molecule has 1 heterocycles. The number of thioether (sulfide) groups is 1. The summed E-state index contributed by atoms with van der Waals surface area (Å²) >= 11 is 20.0. The number of benzene rings is 3. The molecule has 1 aliphatic heterocycles. The number of halogens is 3. The number of hydrogen-bond acceptors (Lipinski definition) is 4. The second-order valence-electron chi connectivity index (χ2n) is 7.39. The largest absolute Gasteiger partial charge is 0.482 e. The molecule has 0 saturated carbocycles. The van der Waals surface area contributed by atoms with E-state index in [1.165, 1.54) is 11.8 Å². The summed E-state index contributed by atoms with van der Waals surface area (Å²) in [4.78, 5) is 26.5. The van der Waals surface area contributed by atoms with Crippen LogP contribution in [-0.4, -0.2) is 24.2 Å². The highest BCUT2D eigenvalue weighted by atomic mass is 35.5. The summed E-state index contributed by atoms with van der Waals surface area (Å²) in [5, 5.41) is 4.05. The Labute approximate surface area is 211 Å². The van der Waals surface area contributed by atoms with Crippen LogP contribution < -0.4 is 15.0 Å². The molecule has 0 spiro atoms. The standard InChI is InChI=1S/C24H19Cl3N2O3S/c1-14-2-6-17(11-19(14)26)28-22(30)12-32-21-9-3-15(10-20(21)27)24-29(23(31)13-33-24)18-7-4-16(25)5-8-18/h2-11,24H,12-13H2,1H3,(H,28,30)/t24-/m0/s1. The zero-order valence-corrected chi connectivity index (χ0v) is 20.6. The highest BCUT2D eigenvalue weighted by molar-refractivity contribution is 8.00. The molecule has 1 N–H and O–H groups in total. The molecule has 0 aromatic heterocycles. The van der Waals surface area contributed by atoms with Gasteiger partial charge in [0, 0.05) is 21.4 Å². The third-order valence-corrected chi connectivity index (χ3v) is 7.20. The molecule has 170 valence electrons. The maximum Gasteiger partial charge on any atom is 0.262 e. The molecule has 0 radical (unpaired) electrons. The lowest BCUT2D eigenvalue weighted by molar-refractivity contribution is -0.118. The van der Waals surface area contributed by atoms with Gasteiger partial charge in [-0.15, -0.1) is 11.8 Å². The fourth-order valence-electron chi connectivity index (χ4n) is 3.35. The topological polar surface area (TPSA) is 58.6 Å². The predicted octanol–water partition coefficient (Wildman–Crippen LogP) is 6.75. The Balaban J connectivity index is 1.43. The van der Waals surface area contributed by atoms with Crippen molar-refractivity contribution in [3.8, 4) is 5.75 Å². The van der Waals surface area contributed by atoms with Crippen LogP contribution in [0.25, 0.3) is 0 Å². The minimum atomic E-state index is -0.332. The van der Waals surface area contributed by atoms with Crippen LogP contribution in [0, 0.1) is 6.92 Å². The highest BCUT2D eigenvalue weighted by Crippen LogP contribution is 2.43. The molecule has 4 rings (SSSR count).